The fourth-order valence-electron chi connectivity index (χ4n) is 4.02. The van der Waals surface area contributed by atoms with Gasteiger partial charge in [-0.05, 0) is 23.8 Å². The third-order valence-electron chi connectivity index (χ3n) is 5.68. The summed E-state index contributed by atoms with van der Waals surface area (Å²) in [5.41, 5.74) is 0.407. The molecule has 10 heteroatoms. The first kappa shape index (κ1) is 22.0. The lowest BCUT2D eigenvalue weighted by atomic mass is 9.88. The minimum absolute atomic E-state index is 0.0180. The van der Waals surface area contributed by atoms with Crippen molar-refractivity contribution in [3.05, 3.63) is 53.1 Å². The number of para-hydroxylation sites is 1. The second-order valence-corrected chi connectivity index (χ2v) is 7.68. The molecule has 0 aromatic heterocycles. The van der Waals surface area contributed by atoms with E-state index in [1.54, 1.807) is 18.2 Å². The van der Waals surface area contributed by atoms with E-state index in [1.807, 2.05) is 0 Å². The summed E-state index contributed by atoms with van der Waals surface area (Å²) in [5.74, 6) is -1.89. The number of fused-ring (bicyclic) bond motifs is 1. The highest BCUT2D eigenvalue weighted by Gasteiger charge is 2.48. The predicted octanol–water partition coefficient (Wildman–Crippen LogP) is 0.500. The number of ketones is 1. The Morgan fingerprint density at radius 1 is 1.03 bits per heavy atom. The molecule has 2 aliphatic heterocycles. The molecule has 0 aliphatic carbocycles. The van der Waals surface area contributed by atoms with Crippen LogP contribution in [0.2, 0.25) is 0 Å². The van der Waals surface area contributed by atoms with Gasteiger partial charge in [-0.1, -0.05) is 18.2 Å². The maximum absolute atomic E-state index is 12.7. The third-order valence-corrected chi connectivity index (χ3v) is 5.68. The Balaban J connectivity index is 1.71. The molecule has 2 aromatic rings. The van der Waals surface area contributed by atoms with E-state index in [0.29, 0.717) is 5.56 Å². The minimum atomic E-state index is -1.74. The highest BCUT2D eigenvalue weighted by atomic mass is 16.6. The average molecular weight is 446 g/mol. The number of hydrogen-bond donors (Lipinski definition) is 5. The number of ether oxygens (including phenoxy) is 3. The molecule has 2 aromatic carbocycles. The van der Waals surface area contributed by atoms with Crippen molar-refractivity contribution in [1.82, 2.24) is 0 Å². The van der Waals surface area contributed by atoms with Crippen molar-refractivity contribution in [2.45, 2.75) is 43.0 Å². The zero-order valence-corrected chi connectivity index (χ0v) is 16.9. The minimum Gasteiger partial charge on any atom is -0.508 e. The monoisotopic (exact) mass is 446 g/mol. The maximum atomic E-state index is 12.7. The highest BCUT2D eigenvalue weighted by Crippen LogP contribution is 2.44. The molecule has 0 saturated carbocycles. The van der Waals surface area contributed by atoms with E-state index in [9.17, 15) is 35.1 Å². The van der Waals surface area contributed by atoms with Crippen molar-refractivity contribution in [3.63, 3.8) is 0 Å². The molecule has 0 unspecified atom stereocenters. The van der Waals surface area contributed by atoms with Gasteiger partial charge in [-0.25, -0.2) is 4.79 Å². The molecule has 10 nitrogen and oxygen atoms in total. The topological polar surface area (TPSA) is 163 Å². The maximum Gasteiger partial charge on any atom is 0.337 e. The van der Waals surface area contributed by atoms with Gasteiger partial charge in [0, 0.05) is 5.56 Å². The number of carbonyl (C=O) groups is 2. The van der Waals surface area contributed by atoms with Crippen LogP contribution in [-0.2, 0) is 14.3 Å². The van der Waals surface area contributed by atoms with Gasteiger partial charge in [0.2, 0.25) is 0 Å². The number of carbonyl (C=O) groups excluding carboxylic acids is 2. The Kier molecular flexibility index (Phi) is 5.78. The van der Waals surface area contributed by atoms with Gasteiger partial charge >= 0.3 is 5.97 Å². The van der Waals surface area contributed by atoms with Gasteiger partial charge in [-0.3, -0.25) is 4.79 Å². The molecule has 1 fully saturated rings. The van der Waals surface area contributed by atoms with E-state index in [-0.39, 0.29) is 29.0 Å². The number of esters is 1. The second kappa shape index (κ2) is 8.40. The number of aliphatic hydroxyl groups excluding tert-OH is 3. The molecule has 5 N–H and O–H groups in total. The van der Waals surface area contributed by atoms with Gasteiger partial charge in [0.25, 0.3) is 0 Å². The number of phenols is 2. The summed E-state index contributed by atoms with van der Waals surface area (Å²) in [4.78, 5) is 24.6. The van der Waals surface area contributed by atoms with Gasteiger partial charge in [0.15, 0.2) is 11.9 Å². The molecule has 1 saturated heterocycles. The molecule has 32 heavy (non-hydrogen) atoms. The lowest BCUT2D eigenvalue weighted by Gasteiger charge is -2.39. The number of rotatable bonds is 3. The van der Waals surface area contributed by atoms with E-state index in [1.165, 1.54) is 12.1 Å². The Hall–Kier alpha value is -3.18. The van der Waals surface area contributed by atoms with Crippen LogP contribution in [0.4, 0.5) is 0 Å². The van der Waals surface area contributed by atoms with Crippen LogP contribution < -0.4 is 4.74 Å². The van der Waals surface area contributed by atoms with Crippen molar-refractivity contribution in [1.29, 1.82) is 0 Å². The van der Waals surface area contributed by atoms with E-state index >= 15 is 0 Å². The summed E-state index contributed by atoms with van der Waals surface area (Å²) in [5, 5.41) is 51.3. The first-order chi connectivity index (χ1) is 15.2. The van der Waals surface area contributed by atoms with Gasteiger partial charge in [-0.2, -0.15) is 0 Å². The van der Waals surface area contributed by atoms with Crippen molar-refractivity contribution in [2.75, 3.05) is 7.11 Å². The van der Waals surface area contributed by atoms with E-state index < -0.39 is 54.1 Å². The molecule has 0 bridgehead atoms. The largest absolute Gasteiger partial charge is 0.508 e. The zero-order valence-electron chi connectivity index (χ0n) is 16.9. The first-order valence-electron chi connectivity index (χ1n) is 9.85. The Labute approximate surface area is 182 Å². The molecular weight excluding hydrogens is 424 g/mol. The summed E-state index contributed by atoms with van der Waals surface area (Å²) in [6, 6.07) is 8.87. The van der Waals surface area contributed by atoms with Crippen LogP contribution in [0.1, 0.15) is 40.1 Å². The molecule has 4 rings (SSSR count). The van der Waals surface area contributed by atoms with Crippen molar-refractivity contribution < 1.29 is 49.3 Å². The number of aromatic hydroxyl groups is 2. The third kappa shape index (κ3) is 3.67. The molecular formula is C22H22O10. The Bertz CT molecular complexity index is 1050. The normalized spacial score (nSPS) is 29.7. The summed E-state index contributed by atoms with van der Waals surface area (Å²) in [7, 11) is 1.08. The molecule has 2 heterocycles. The van der Waals surface area contributed by atoms with Gasteiger partial charge in [-0.15, -0.1) is 0 Å². The lowest BCUT2D eigenvalue weighted by molar-refractivity contribution is -0.231. The lowest BCUT2D eigenvalue weighted by Crippen LogP contribution is -2.56. The van der Waals surface area contributed by atoms with Crippen LogP contribution >= 0.6 is 0 Å². The number of benzene rings is 2. The zero-order chi connectivity index (χ0) is 23.2. The number of phenolic OH excluding ortho intramolecular Hbond substituents is 2. The SMILES string of the molecule is COC(=O)[C@H]1O[C@@H](c2cc(O)c3c(c2)O[C@H](c2ccccc2O)CC3=O)[C@H](O)[C@@H](O)[C@@H]1O. The number of aliphatic hydroxyl groups is 3. The fourth-order valence-corrected chi connectivity index (χ4v) is 4.02. The molecule has 0 spiro atoms. The van der Waals surface area contributed by atoms with Crippen molar-refractivity contribution >= 4 is 11.8 Å². The fraction of sp³-hybridized carbons (Fsp3) is 0.364. The van der Waals surface area contributed by atoms with Crippen LogP contribution in [-0.4, -0.2) is 68.8 Å². The van der Waals surface area contributed by atoms with Crippen molar-refractivity contribution in [3.8, 4) is 17.2 Å². The van der Waals surface area contributed by atoms with Crippen LogP contribution in [0, 0.1) is 0 Å². The van der Waals surface area contributed by atoms with E-state index in [0.717, 1.165) is 13.2 Å². The molecule has 6 atom stereocenters. The van der Waals surface area contributed by atoms with Crippen LogP contribution in [0.15, 0.2) is 36.4 Å². The highest BCUT2D eigenvalue weighted by molar-refractivity contribution is 6.02. The standard InChI is InChI=1S/C22H22O10/c1-30-22(29)21-19(28)17(26)18(27)20(32-21)9-6-12(24)16-13(25)8-14(31-15(16)7-9)10-4-2-3-5-11(10)23/h2-7,14,17-21,23-24,26-28H,8H2,1H3/t14-,17+,18+,19-,20-,21-/m0/s1. The summed E-state index contributed by atoms with van der Waals surface area (Å²) < 4.78 is 15.9. The summed E-state index contributed by atoms with van der Waals surface area (Å²) in [6.07, 6.45) is -9.00. The smallest absolute Gasteiger partial charge is 0.337 e. The number of methoxy groups -OCH3 is 1. The van der Waals surface area contributed by atoms with E-state index in [2.05, 4.69) is 4.74 Å². The Morgan fingerprint density at radius 2 is 1.75 bits per heavy atom. The van der Waals surface area contributed by atoms with Crippen LogP contribution in [0.5, 0.6) is 17.2 Å². The second-order valence-electron chi connectivity index (χ2n) is 7.68. The Morgan fingerprint density at radius 3 is 2.44 bits per heavy atom. The van der Waals surface area contributed by atoms with E-state index in [4.69, 9.17) is 9.47 Å². The predicted molar refractivity (Wildman–Crippen MR) is 106 cm³/mol. The molecule has 0 radical (unpaired) electrons. The summed E-state index contributed by atoms with van der Waals surface area (Å²) in [6.45, 7) is 0. The number of hydrogen-bond acceptors (Lipinski definition) is 10. The van der Waals surface area contributed by atoms with Crippen LogP contribution in [0.25, 0.3) is 0 Å². The van der Waals surface area contributed by atoms with Crippen molar-refractivity contribution in [2.24, 2.45) is 0 Å². The summed E-state index contributed by atoms with van der Waals surface area (Å²) >= 11 is 0. The molecule has 170 valence electrons. The first-order valence-corrected chi connectivity index (χ1v) is 9.85. The van der Waals surface area contributed by atoms with Gasteiger partial charge in [0.05, 0.1) is 13.5 Å². The van der Waals surface area contributed by atoms with Crippen LogP contribution in [0.3, 0.4) is 0 Å². The molecule has 2 aliphatic rings. The van der Waals surface area contributed by atoms with Gasteiger partial charge in [0.1, 0.15) is 53.3 Å². The number of Topliss-reactive ketones (excluding diaryl/α,β-unsaturated/α-hetero) is 1. The quantitative estimate of drug-likeness (QED) is 0.420. The van der Waals surface area contributed by atoms with Gasteiger partial charge < -0.3 is 39.7 Å². The average Bonchev–Trinajstić information content (AvgIpc) is 2.76. The molecule has 0 amide bonds.